The van der Waals surface area contributed by atoms with Gasteiger partial charge in [-0.25, -0.2) is 9.89 Å². The molecule has 1 amide bonds. The van der Waals surface area contributed by atoms with Crippen LogP contribution in [0.1, 0.15) is 30.9 Å². The predicted molar refractivity (Wildman–Crippen MR) is 102 cm³/mol. The lowest BCUT2D eigenvalue weighted by atomic mass is 10.1. The van der Waals surface area contributed by atoms with Crippen LogP contribution in [-0.2, 0) is 22.5 Å². The van der Waals surface area contributed by atoms with Crippen LogP contribution in [0.4, 0.5) is 5.69 Å². The number of para-hydroxylation sites is 1. The average Bonchev–Trinajstić information content (AvgIpc) is 3.26. The highest BCUT2D eigenvalue weighted by Gasteiger charge is 2.20. The SMILES string of the molecule is CCc1cccc(C)c1NC(=O)CSc1n[nH]c(=O)n1C[C@H]1CCCO1. The first-order chi connectivity index (χ1) is 12.6. The number of aryl methyl sites for hydroxylation is 2. The van der Waals surface area contributed by atoms with Crippen LogP contribution >= 0.6 is 11.8 Å². The number of hydrogen-bond acceptors (Lipinski definition) is 5. The first kappa shape index (κ1) is 18.7. The Hall–Kier alpha value is -2.06. The summed E-state index contributed by atoms with van der Waals surface area (Å²) in [6.45, 7) is 5.25. The largest absolute Gasteiger partial charge is 0.376 e. The molecule has 0 radical (unpaired) electrons. The fraction of sp³-hybridized carbons (Fsp3) is 0.500. The zero-order valence-electron chi connectivity index (χ0n) is 15.1. The lowest BCUT2D eigenvalue weighted by Crippen LogP contribution is -2.25. The number of carbonyl (C=O) groups excluding carboxylic acids is 1. The van der Waals surface area contributed by atoms with Crippen LogP contribution < -0.4 is 11.0 Å². The Morgan fingerprint density at radius 3 is 3.08 bits per heavy atom. The van der Waals surface area contributed by atoms with E-state index >= 15 is 0 Å². The van der Waals surface area contributed by atoms with Crippen LogP contribution in [0.5, 0.6) is 0 Å². The number of ether oxygens (including phenoxy) is 1. The second-order valence-corrected chi connectivity index (χ2v) is 7.30. The molecule has 1 saturated heterocycles. The number of H-pyrrole nitrogens is 1. The number of aromatic nitrogens is 3. The van der Waals surface area contributed by atoms with E-state index < -0.39 is 0 Å². The van der Waals surface area contributed by atoms with E-state index in [2.05, 4.69) is 22.4 Å². The summed E-state index contributed by atoms with van der Waals surface area (Å²) in [4.78, 5) is 24.4. The lowest BCUT2D eigenvalue weighted by molar-refractivity contribution is -0.113. The van der Waals surface area contributed by atoms with Gasteiger partial charge in [-0.2, -0.15) is 0 Å². The molecule has 1 aliphatic rings. The van der Waals surface area contributed by atoms with Crippen molar-refractivity contribution in [3.05, 3.63) is 39.8 Å². The molecular weight excluding hydrogens is 352 g/mol. The smallest absolute Gasteiger partial charge is 0.344 e. The molecule has 3 rings (SSSR count). The van der Waals surface area contributed by atoms with Crippen molar-refractivity contribution in [2.75, 3.05) is 17.7 Å². The summed E-state index contributed by atoms with van der Waals surface area (Å²) in [6.07, 6.45) is 2.84. The van der Waals surface area contributed by atoms with Crippen LogP contribution in [0.2, 0.25) is 0 Å². The van der Waals surface area contributed by atoms with Gasteiger partial charge in [-0.3, -0.25) is 9.36 Å². The van der Waals surface area contributed by atoms with Gasteiger partial charge in [0.1, 0.15) is 0 Å². The molecule has 8 heteroatoms. The van der Waals surface area contributed by atoms with Gasteiger partial charge in [-0.1, -0.05) is 36.9 Å². The molecular formula is C18H24N4O3S. The van der Waals surface area contributed by atoms with Crippen molar-refractivity contribution in [1.29, 1.82) is 0 Å². The van der Waals surface area contributed by atoms with E-state index in [1.54, 1.807) is 4.57 Å². The Balaban J connectivity index is 1.63. The molecule has 7 nitrogen and oxygen atoms in total. The molecule has 2 aromatic rings. The minimum Gasteiger partial charge on any atom is -0.376 e. The van der Waals surface area contributed by atoms with E-state index in [1.807, 2.05) is 25.1 Å². The van der Waals surface area contributed by atoms with Gasteiger partial charge in [0.25, 0.3) is 0 Å². The van der Waals surface area contributed by atoms with Gasteiger partial charge in [0.2, 0.25) is 5.91 Å². The Morgan fingerprint density at radius 2 is 2.35 bits per heavy atom. The Bertz CT molecular complexity index is 824. The fourth-order valence-corrected chi connectivity index (χ4v) is 3.83. The zero-order chi connectivity index (χ0) is 18.5. The van der Waals surface area contributed by atoms with Gasteiger partial charge >= 0.3 is 5.69 Å². The number of amides is 1. The van der Waals surface area contributed by atoms with Crippen LogP contribution in [0.3, 0.4) is 0 Å². The van der Waals surface area contributed by atoms with E-state index in [4.69, 9.17) is 4.74 Å². The van der Waals surface area contributed by atoms with Crippen LogP contribution in [0.15, 0.2) is 28.2 Å². The number of carbonyl (C=O) groups is 1. The zero-order valence-corrected chi connectivity index (χ0v) is 15.9. The first-order valence-corrected chi connectivity index (χ1v) is 9.85. The Kier molecular flexibility index (Phi) is 6.16. The summed E-state index contributed by atoms with van der Waals surface area (Å²) >= 11 is 1.25. The van der Waals surface area contributed by atoms with Gasteiger partial charge in [0.15, 0.2) is 5.16 Å². The van der Waals surface area contributed by atoms with Crippen molar-refractivity contribution in [1.82, 2.24) is 14.8 Å². The standard InChI is InChI=1S/C18H24N4O3S/c1-3-13-7-4-6-12(2)16(13)19-15(23)11-26-18-21-20-17(24)22(18)10-14-8-5-9-25-14/h4,6-7,14H,3,5,8-11H2,1-2H3,(H,19,23)(H,20,24)/t14-/m1/s1. The van der Waals surface area contributed by atoms with Crippen molar-refractivity contribution < 1.29 is 9.53 Å². The van der Waals surface area contributed by atoms with Gasteiger partial charge in [-0.15, -0.1) is 5.10 Å². The van der Waals surface area contributed by atoms with Crippen molar-refractivity contribution in [2.45, 2.75) is 50.9 Å². The van der Waals surface area contributed by atoms with Gasteiger partial charge < -0.3 is 10.1 Å². The minimum absolute atomic E-state index is 0.0394. The van der Waals surface area contributed by atoms with Gasteiger partial charge in [0, 0.05) is 12.3 Å². The molecule has 2 N–H and O–H groups in total. The highest BCUT2D eigenvalue weighted by Crippen LogP contribution is 2.22. The average molecular weight is 376 g/mol. The summed E-state index contributed by atoms with van der Waals surface area (Å²) in [7, 11) is 0. The second-order valence-electron chi connectivity index (χ2n) is 6.36. The number of anilines is 1. The Morgan fingerprint density at radius 1 is 1.50 bits per heavy atom. The summed E-state index contributed by atoms with van der Waals surface area (Å²) in [5.41, 5.74) is 2.76. The third kappa shape index (κ3) is 4.37. The maximum atomic E-state index is 12.4. The quantitative estimate of drug-likeness (QED) is 0.724. The number of benzene rings is 1. The number of thioether (sulfide) groups is 1. The number of nitrogens with one attached hydrogen (secondary N) is 2. The summed E-state index contributed by atoms with van der Waals surface area (Å²) in [5, 5.41) is 10.0. The molecule has 26 heavy (non-hydrogen) atoms. The van der Waals surface area contributed by atoms with Crippen LogP contribution in [0.25, 0.3) is 0 Å². The summed E-state index contributed by atoms with van der Waals surface area (Å²) < 4.78 is 7.14. The van der Waals surface area contributed by atoms with Crippen molar-refractivity contribution in [3.8, 4) is 0 Å². The molecule has 0 bridgehead atoms. The number of hydrogen-bond donors (Lipinski definition) is 2. The molecule has 1 atom stereocenters. The highest BCUT2D eigenvalue weighted by atomic mass is 32.2. The fourth-order valence-electron chi connectivity index (χ4n) is 3.07. The van der Waals surface area contributed by atoms with Crippen molar-refractivity contribution in [2.24, 2.45) is 0 Å². The molecule has 1 aliphatic heterocycles. The highest BCUT2D eigenvalue weighted by molar-refractivity contribution is 7.99. The molecule has 0 aliphatic carbocycles. The minimum atomic E-state index is -0.268. The van der Waals surface area contributed by atoms with E-state index in [-0.39, 0.29) is 23.5 Å². The van der Waals surface area contributed by atoms with Gasteiger partial charge in [-0.05, 0) is 37.3 Å². The molecule has 140 valence electrons. The molecule has 1 fully saturated rings. The maximum Gasteiger partial charge on any atom is 0.344 e. The Labute approximate surface area is 156 Å². The van der Waals surface area contributed by atoms with Crippen molar-refractivity contribution >= 4 is 23.4 Å². The van der Waals surface area contributed by atoms with E-state index in [0.29, 0.717) is 11.7 Å². The van der Waals surface area contributed by atoms with E-state index in [0.717, 1.165) is 42.7 Å². The third-order valence-corrected chi connectivity index (χ3v) is 5.45. The monoisotopic (exact) mass is 376 g/mol. The van der Waals surface area contributed by atoms with Gasteiger partial charge in [0.05, 0.1) is 18.4 Å². The molecule has 1 aromatic carbocycles. The first-order valence-electron chi connectivity index (χ1n) is 8.86. The number of nitrogens with zero attached hydrogens (tertiary/aromatic N) is 2. The second kappa shape index (κ2) is 8.55. The number of aromatic amines is 1. The topological polar surface area (TPSA) is 89.0 Å². The number of rotatable bonds is 7. The van der Waals surface area contributed by atoms with E-state index in [9.17, 15) is 9.59 Å². The summed E-state index contributed by atoms with van der Waals surface area (Å²) in [6, 6.07) is 5.99. The molecule has 0 saturated carbocycles. The maximum absolute atomic E-state index is 12.4. The van der Waals surface area contributed by atoms with Crippen molar-refractivity contribution in [3.63, 3.8) is 0 Å². The lowest BCUT2D eigenvalue weighted by Gasteiger charge is -2.13. The molecule has 1 aromatic heterocycles. The van der Waals surface area contributed by atoms with Crippen LogP contribution in [0, 0.1) is 6.92 Å². The third-order valence-electron chi connectivity index (χ3n) is 4.47. The summed E-state index contributed by atoms with van der Waals surface area (Å²) in [5.74, 6) is 0.0749. The normalized spacial score (nSPS) is 16.8. The van der Waals surface area contributed by atoms with Crippen LogP contribution in [-0.4, -0.2) is 39.1 Å². The van der Waals surface area contributed by atoms with E-state index in [1.165, 1.54) is 11.8 Å². The molecule has 0 unspecified atom stereocenters. The molecule has 0 spiro atoms. The predicted octanol–water partition coefficient (Wildman–Crippen LogP) is 2.35. The molecule has 2 heterocycles.